The minimum atomic E-state index is -4.32. The summed E-state index contributed by atoms with van der Waals surface area (Å²) in [5.74, 6) is -0.981. The lowest BCUT2D eigenvalue weighted by Gasteiger charge is -2.18. The molecule has 0 spiro atoms. The van der Waals surface area contributed by atoms with Crippen LogP contribution in [0.3, 0.4) is 0 Å². The van der Waals surface area contributed by atoms with Crippen LogP contribution in [0.25, 0.3) is 0 Å². The second kappa shape index (κ2) is 6.61. The third-order valence-electron chi connectivity index (χ3n) is 2.47. The van der Waals surface area contributed by atoms with Crippen molar-refractivity contribution in [1.29, 1.82) is 0 Å². The number of hydrogen-bond acceptors (Lipinski definition) is 3. The van der Waals surface area contributed by atoms with E-state index in [2.05, 4.69) is 0 Å². The number of hydrogen-bond donors (Lipinski definition) is 1. The van der Waals surface area contributed by atoms with Gasteiger partial charge in [-0.25, -0.2) is 0 Å². The third kappa shape index (κ3) is 4.54. The maximum absolute atomic E-state index is 12.4. The molecule has 6 heteroatoms. The van der Waals surface area contributed by atoms with Crippen LogP contribution >= 0.6 is 0 Å². The largest absolute Gasteiger partial charge is 0.497 e. The Hall–Kier alpha value is -1.27. The number of nitrogens with two attached hydrogens (primary N) is 1. The normalized spacial score (nSPS) is 13.4. The van der Waals surface area contributed by atoms with Crippen LogP contribution in [0.5, 0.6) is 5.75 Å². The predicted octanol–water partition coefficient (Wildman–Crippen LogP) is 2.35. The molecule has 0 saturated carbocycles. The molecule has 1 aromatic carbocycles. The number of halogens is 3. The molecule has 0 aliphatic carbocycles. The molecule has 1 aromatic rings. The number of ether oxygens (including phenoxy) is 2. The first kappa shape index (κ1) is 14.8. The lowest BCUT2D eigenvalue weighted by molar-refractivity contribution is -0.186. The summed E-state index contributed by atoms with van der Waals surface area (Å²) in [4.78, 5) is 0. The highest BCUT2D eigenvalue weighted by atomic mass is 19.4. The summed E-state index contributed by atoms with van der Waals surface area (Å²) in [5, 5.41) is 0. The molecule has 0 fully saturated rings. The SMILES string of the molecule is COc1cccc(COCC(CN)C(F)(F)F)c1. The molecule has 0 amide bonds. The Balaban J connectivity index is 2.45. The fraction of sp³-hybridized carbons (Fsp3) is 0.500. The first-order chi connectivity index (χ1) is 8.47. The minimum absolute atomic E-state index is 0.101. The molecule has 0 heterocycles. The summed E-state index contributed by atoms with van der Waals surface area (Å²) >= 11 is 0. The van der Waals surface area contributed by atoms with Crippen LogP contribution in [0.15, 0.2) is 24.3 Å². The van der Waals surface area contributed by atoms with Gasteiger partial charge >= 0.3 is 6.18 Å². The number of methoxy groups -OCH3 is 1. The van der Waals surface area contributed by atoms with E-state index < -0.39 is 25.2 Å². The van der Waals surface area contributed by atoms with Gasteiger partial charge in [0, 0.05) is 6.54 Å². The summed E-state index contributed by atoms with van der Waals surface area (Å²) in [7, 11) is 1.52. The predicted molar refractivity (Wildman–Crippen MR) is 61.2 cm³/mol. The van der Waals surface area contributed by atoms with Crippen molar-refractivity contribution in [3.8, 4) is 5.75 Å². The Morgan fingerprint density at radius 1 is 1.33 bits per heavy atom. The molecule has 1 atom stereocenters. The van der Waals surface area contributed by atoms with Crippen molar-refractivity contribution in [3.05, 3.63) is 29.8 Å². The quantitative estimate of drug-likeness (QED) is 0.856. The highest BCUT2D eigenvalue weighted by molar-refractivity contribution is 5.27. The van der Waals surface area contributed by atoms with Crippen molar-refractivity contribution in [3.63, 3.8) is 0 Å². The zero-order valence-electron chi connectivity index (χ0n) is 10.0. The summed E-state index contributed by atoms with van der Waals surface area (Å²) in [6.45, 7) is -0.803. The van der Waals surface area contributed by atoms with Crippen LogP contribution in [0.2, 0.25) is 0 Å². The molecule has 2 N–H and O–H groups in total. The maximum atomic E-state index is 12.4. The number of benzene rings is 1. The van der Waals surface area contributed by atoms with Gasteiger partial charge in [0.15, 0.2) is 0 Å². The fourth-order valence-corrected chi connectivity index (χ4v) is 1.38. The molecule has 3 nitrogen and oxygen atoms in total. The van der Waals surface area contributed by atoms with Crippen molar-refractivity contribution < 1.29 is 22.6 Å². The smallest absolute Gasteiger partial charge is 0.395 e. The summed E-state index contributed by atoms with van der Waals surface area (Å²) < 4.78 is 47.2. The monoisotopic (exact) mass is 263 g/mol. The maximum Gasteiger partial charge on any atom is 0.395 e. The van der Waals surface area contributed by atoms with Gasteiger partial charge in [-0.05, 0) is 17.7 Å². The first-order valence-electron chi connectivity index (χ1n) is 5.45. The molecular weight excluding hydrogens is 247 g/mol. The molecule has 1 rings (SSSR count). The second-order valence-corrected chi connectivity index (χ2v) is 3.84. The van der Waals surface area contributed by atoms with E-state index in [4.69, 9.17) is 15.2 Å². The van der Waals surface area contributed by atoms with Gasteiger partial charge in [-0.15, -0.1) is 0 Å². The molecule has 0 saturated heterocycles. The fourth-order valence-electron chi connectivity index (χ4n) is 1.38. The van der Waals surface area contributed by atoms with Crippen molar-refractivity contribution in [2.45, 2.75) is 12.8 Å². The molecule has 0 aliphatic heterocycles. The molecule has 0 radical (unpaired) electrons. The highest BCUT2D eigenvalue weighted by Crippen LogP contribution is 2.25. The Morgan fingerprint density at radius 3 is 2.61 bits per heavy atom. The Labute approximate surface area is 104 Å². The van der Waals surface area contributed by atoms with Gasteiger partial charge in [-0.3, -0.25) is 0 Å². The topological polar surface area (TPSA) is 44.5 Å². The summed E-state index contributed by atoms with van der Waals surface area (Å²) in [6.07, 6.45) is -4.32. The molecule has 0 bridgehead atoms. The summed E-state index contributed by atoms with van der Waals surface area (Å²) in [6, 6.07) is 6.97. The second-order valence-electron chi connectivity index (χ2n) is 3.84. The number of rotatable bonds is 6. The van der Waals surface area contributed by atoms with Crippen molar-refractivity contribution in [2.75, 3.05) is 20.3 Å². The standard InChI is InChI=1S/C12H16F3NO2/c1-17-11-4-2-3-9(5-11)7-18-8-10(6-16)12(13,14)15/h2-5,10H,6-8,16H2,1H3. The molecule has 0 aliphatic rings. The van der Waals surface area contributed by atoms with Crippen LogP contribution in [0.4, 0.5) is 13.2 Å². The van der Waals surface area contributed by atoms with Gasteiger partial charge in [0.05, 0.1) is 26.2 Å². The van der Waals surface area contributed by atoms with Gasteiger partial charge in [-0.2, -0.15) is 13.2 Å². The van der Waals surface area contributed by atoms with Crippen LogP contribution < -0.4 is 10.5 Å². The van der Waals surface area contributed by atoms with E-state index in [0.29, 0.717) is 5.75 Å². The van der Waals surface area contributed by atoms with Crippen LogP contribution in [-0.4, -0.2) is 26.4 Å². The van der Waals surface area contributed by atoms with Crippen molar-refractivity contribution >= 4 is 0 Å². The molecule has 18 heavy (non-hydrogen) atoms. The average Bonchev–Trinajstić information content (AvgIpc) is 2.33. The summed E-state index contributed by atoms with van der Waals surface area (Å²) in [5.41, 5.74) is 5.82. The van der Waals surface area contributed by atoms with Crippen LogP contribution in [0, 0.1) is 5.92 Å². The van der Waals surface area contributed by atoms with E-state index in [1.165, 1.54) is 7.11 Å². The highest BCUT2D eigenvalue weighted by Gasteiger charge is 2.38. The van der Waals surface area contributed by atoms with Crippen molar-refractivity contribution in [2.24, 2.45) is 11.7 Å². The molecule has 0 aromatic heterocycles. The van der Waals surface area contributed by atoms with E-state index in [-0.39, 0.29) is 6.61 Å². The van der Waals surface area contributed by atoms with Gasteiger partial charge < -0.3 is 15.2 Å². The minimum Gasteiger partial charge on any atom is -0.497 e. The lowest BCUT2D eigenvalue weighted by atomic mass is 10.1. The first-order valence-corrected chi connectivity index (χ1v) is 5.45. The van der Waals surface area contributed by atoms with Crippen molar-refractivity contribution in [1.82, 2.24) is 0 Å². The van der Waals surface area contributed by atoms with Gasteiger partial charge in [-0.1, -0.05) is 12.1 Å². The van der Waals surface area contributed by atoms with E-state index in [9.17, 15) is 13.2 Å². The van der Waals surface area contributed by atoms with E-state index >= 15 is 0 Å². The number of alkyl halides is 3. The molecule has 102 valence electrons. The molecular formula is C12H16F3NO2. The zero-order valence-corrected chi connectivity index (χ0v) is 10.0. The van der Waals surface area contributed by atoms with E-state index in [1.807, 2.05) is 0 Å². The Bertz CT molecular complexity index is 369. The lowest BCUT2D eigenvalue weighted by Crippen LogP contribution is -2.33. The van der Waals surface area contributed by atoms with Gasteiger partial charge in [0.2, 0.25) is 0 Å². The Morgan fingerprint density at radius 2 is 2.06 bits per heavy atom. The van der Waals surface area contributed by atoms with Gasteiger partial charge in [0.1, 0.15) is 5.75 Å². The van der Waals surface area contributed by atoms with E-state index in [1.54, 1.807) is 24.3 Å². The zero-order chi connectivity index (χ0) is 13.6. The van der Waals surface area contributed by atoms with Crippen LogP contribution in [0.1, 0.15) is 5.56 Å². The van der Waals surface area contributed by atoms with Gasteiger partial charge in [0.25, 0.3) is 0 Å². The van der Waals surface area contributed by atoms with Crippen LogP contribution in [-0.2, 0) is 11.3 Å². The Kier molecular flexibility index (Phi) is 5.43. The average molecular weight is 263 g/mol. The third-order valence-corrected chi connectivity index (χ3v) is 2.47. The molecule has 1 unspecified atom stereocenters. The van der Waals surface area contributed by atoms with E-state index in [0.717, 1.165) is 5.56 Å².